The van der Waals surface area contributed by atoms with E-state index in [0.717, 1.165) is 11.1 Å². The number of nitrogens with one attached hydrogen (secondary N) is 2. The normalized spacial score (nSPS) is 16.7. The van der Waals surface area contributed by atoms with Gasteiger partial charge < -0.3 is 25.0 Å². The molecule has 3 aromatic rings. The Hall–Kier alpha value is -4.41. The van der Waals surface area contributed by atoms with E-state index in [1.165, 1.54) is 41.9 Å². The molecule has 2 heterocycles. The molecular weight excluding hydrogens is 481 g/mol. The molecule has 0 fully saturated rings. The standard InChI is InChI=1S/C26H28FN5O5/c1-26(25(35)29-13-16-5-8-18(27)9-6-16)15-32-20(24(34)31(26)2)12-19(30-32)23(33)28-14-17-7-10-21(36-3)22(11-17)37-4/h5-12H,13-15H2,1-4H3,(H,28,33)(H,29,35)/t26-/m1/s1. The number of carbonyl (C=O) groups excluding carboxylic acids is 3. The van der Waals surface area contributed by atoms with Crippen LogP contribution in [0.25, 0.3) is 0 Å². The fraction of sp³-hybridized carbons (Fsp3) is 0.308. The summed E-state index contributed by atoms with van der Waals surface area (Å²) < 4.78 is 25.0. The van der Waals surface area contributed by atoms with Gasteiger partial charge in [0.2, 0.25) is 5.91 Å². The number of amides is 3. The van der Waals surface area contributed by atoms with Gasteiger partial charge in [0, 0.05) is 26.2 Å². The van der Waals surface area contributed by atoms with E-state index in [-0.39, 0.29) is 36.8 Å². The summed E-state index contributed by atoms with van der Waals surface area (Å²) in [4.78, 5) is 40.3. The Morgan fingerprint density at radius 3 is 2.32 bits per heavy atom. The predicted octanol–water partition coefficient (Wildman–Crippen LogP) is 2.13. The highest BCUT2D eigenvalue weighted by atomic mass is 19.1. The van der Waals surface area contributed by atoms with Crippen molar-refractivity contribution < 1.29 is 28.2 Å². The molecule has 0 unspecified atom stereocenters. The van der Waals surface area contributed by atoms with E-state index < -0.39 is 23.3 Å². The number of rotatable bonds is 8. The topological polar surface area (TPSA) is 115 Å². The number of nitrogens with zero attached hydrogens (tertiary/aromatic N) is 3. The number of aromatic nitrogens is 2. The lowest BCUT2D eigenvalue weighted by molar-refractivity contribution is -0.132. The molecule has 0 saturated carbocycles. The molecule has 0 aliphatic carbocycles. The third-order valence-electron chi connectivity index (χ3n) is 6.49. The van der Waals surface area contributed by atoms with Gasteiger partial charge >= 0.3 is 0 Å². The minimum Gasteiger partial charge on any atom is -0.493 e. The largest absolute Gasteiger partial charge is 0.493 e. The van der Waals surface area contributed by atoms with E-state index in [4.69, 9.17) is 9.47 Å². The second-order valence-corrected chi connectivity index (χ2v) is 8.89. The zero-order valence-electron chi connectivity index (χ0n) is 21.0. The molecule has 194 valence electrons. The van der Waals surface area contributed by atoms with Gasteiger partial charge in [0.15, 0.2) is 17.2 Å². The molecule has 1 aliphatic rings. The second kappa shape index (κ2) is 10.3. The van der Waals surface area contributed by atoms with Gasteiger partial charge in [-0.1, -0.05) is 18.2 Å². The number of hydrogen-bond donors (Lipinski definition) is 2. The minimum atomic E-state index is -1.25. The van der Waals surface area contributed by atoms with Gasteiger partial charge in [-0.25, -0.2) is 4.39 Å². The van der Waals surface area contributed by atoms with E-state index >= 15 is 0 Å². The third kappa shape index (κ3) is 5.11. The number of fused-ring (bicyclic) bond motifs is 1. The number of likely N-dealkylation sites (N-methyl/N-ethyl adjacent to an activating group) is 1. The maximum absolute atomic E-state index is 13.1. The Balaban J connectivity index is 1.45. The highest BCUT2D eigenvalue weighted by Crippen LogP contribution is 2.28. The molecule has 0 spiro atoms. The van der Waals surface area contributed by atoms with Crippen molar-refractivity contribution in [2.75, 3.05) is 21.3 Å². The number of hydrogen-bond acceptors (Lipinski definition) is 6. The number of ether oxygens (including phenoxy) is 2. The highest BCUT2D eigenvalue weighted by Gasteiger charge is 2.46. The zero-order chi connectivity index (χ0) is 26.7. The van der Waals surface area contributed by atoms with Crippen LogP contribution < -0.4 is 20.1 Å². The summed E-state index contributed by atoms with van der Waals surface area (Å²) >= 11 is 0. The van der Waals surface area contributed by atoms with Gasteiger partial charge in [0.1, 0.15) is 17.1 Å². The first-order valence-corrected chi connectivity index (χ1v) is 11.5. The van der Waals surface area contributed by atoms with Gasteiger partial charge in [-0.05, 0) is 42.3 Å². The van der Waals surface area contributed by atoms with Crippen molar-refractivity contribution in [1.29, 1.82) is 0 Å². The van der Waals surface area contributed by atoms with E-state index in [2.05, 4.69) is 15.7 Å². The van der Waals surface area contributed by atoms with Crippen LogP contribution in [0, 0.1) is 5.82 Å². The summed E-state index contributed by atoms with van der Waals surface area (Å²) in [6.45, 7) is 2.07. The van der Waals surface area contributed by atoms with Gasteiger partial charge in [-0.15, -0.1) is 0 Å². The number of halogens is 1. The SMILES string of the molecule is COc1ccc(CNC(=O)c2cc3n(n2)C[C@](C)(C(=O)NCc2ccc(F)cc2)N(C)C3=O)cc1OC. The molecule has 2 N–H and O–H groups in total. The summed E-state index contributed by atoms with van der Waals surface area (Å²) in [7, 11) is 4.60. The van der Waals surface area contributed by atoms with Crippen molar-refractivity contribution in [2.45, 2.75) is 32.1 Å². The van der Waals surface area contributed by atoms with Crippen molar-refractivity contribution in [2.24, 2.45) is 0 Å². The Morgan fingerprint density at radius 2 is 1.65 bits per heavy atom. The molecule has 2 aromatic carbocycles. The molecule has 11 heteroatoms. The predicted molar refractivity (Wildman–Crippen MR) is 132 cm³/mol. The molecule has 4 rings (SSSR count). The van der Waals surface area contributed by atoms with Crippen molar-refractivity contribution in [3.63, 3.8) is 0 Å². The smallest absolute Gasteiger partial charge is 0.272 e. The quantitative estimate of drug-likeness (QED) is 0.481. The molecular formula is C26H28FN5O5. The number of methoxy groups -OCH3 is 2. The number of benzene rings is 2. The fourth-order valence-corrected chi connectivity index (χ4v) is 4.08. The van der Waals surface area contributed by atoms with Gasteiger partial charge in [-0.2, -0.15) is 5.10 Å². The van der Waals surface area contributed by atoms with Crippen LogP contribution >= 0.6 is 0 Å². The van der Waals surface area contributed by atoms with Crippen LogP contribution in [0.4, 0.5) is 4.39 Å². The van der Waals surface area contributed by atoms with Crippen LogP contribution in [0.3, 0.4) is 0 Å². The first-order chi connectivity index (χ1) is 17.7. The summed E-state index contributed by atoms with van der Waals surface area (Å²) in [6.07, 6.45) is 0. The lowest BCUT2D eigenvalue weighted by atomic mass is 9.96. The average Bonchev–Trinajstić information content (AvgIpc) is 3.33. The van der Waals surface area contributed by atoms with E-state index in [0.29, 0.717) is 11.5 Å². The van der Waals surface area contributed by atoms with Crippen LogP contribution in [0.2, 0.25) is 0 Å². The summed E-state index contributed by atoms with van der Waals surface area (Å²) in [5.74, 6) is -0.543. The molecule has 37 heavy (non-hydrogen) atoms. The second-order valence-electron chi connectivity index (χ2n) is 8.89. The zero-order valence-corrected chi connectivity index (χ0v) is 21.0. The van der Waals surface area contributed by atoms with Crippen LogP contribution in [0.5, 0.6) is 11.5 Å². The van der Waals surface area contributed by atoms with Crippen molar-refractivity contribution >= 4 is 17.7 Å². The monoisotopic (exact) mass is 509 g/mol. The fourth-order valence-electron chi connectivity index (χ4n) is 4.08. The van der Waals surface area contributed by atoms with E-state index in [9.17, 15) is 18.8 Å². The molecule has 1 aliphatic heterocycles. The third-order valence-corrected chi connectivity index (χ3v) is 6.49. The van der Waals surface area contributed by atoms with Crippen LogP contribution in [-0.2, 0) is 24.4 Å². The van der Waals surface area contributed by atoms with Gasteiger partial charge in [0.25, 0.3) is 11.8 Å². The molecule has 3 amide bonds. The lowest BCUT2D eigenvalue weighted by Gasteiger charge is -2.40. The van der Waals surface area contributed by atoms with Gasteiger partial charge in [0.05, 0.1) is 20.8 Å². The molecule has 0 radical (unpaired) electrons. The van der Waals surface area contributed by atoms with Crippen molar-refractivity contribution in [3.05, 3.63) is 76.9 Å². The van der Waals surface area contributed by atoms with Crippen molar-refractivity contribution in [3.8, 4) is 11.5 Å². The molecule has 0 bridgehead atoms. The van der Waals surface area contributed by atoms with Crippen molar-refractivity contribution in [1.82, 2.24) is 25.3 Å². The van der Waals surface area contributed by atoms with Gasteiger partial charge in [-0.3, -0.25) is 19.1 Å². The first-order valence-electron chi connectivity index (χ1n) is 11.5. The van der Waals surface area contributed by atoms with Crippen LogP contribution in [0.15, 0.2) is 48.5 Å². The van der Waals surface area contributed by atoms with Crippen LogP contribution in [0.1, 0.15) is 39.0 Å². The lowest BCUT2D eigenvalue weighted by Crippen LogP contribution is -2.62. The molecule has 10 nitrogen and oxygen atoms in total. The summed E-state index contributed by atoms with van der Waals surface area (Å²) in [5.41, 5.74) is 0.534. The van der Waals surface area contributed by atoms with E-state index in [1.807, 2.05) is 0 Å². The maximum Gasteiger partial charge on any atom is 0.272 e. The molecule has 1 atom stereocenters. The summed E-state index contributed by atoms with van der Waals surface area (Å²) in [6, 6.07) is 12.5. The average molecular weight is 510 g/mol. The maximum atomic E-state index is 13.1. The van der Waals surface area contributed by atoms with E-state index in [1.54, 1.807) is 44.4 Å². The van der Waals surface area contributed by atoms with Crippen LogP contribution in [-0.4, -0.2) is 59.2 Å². The summed E-state index contributed by atoms with van der Waals surface area (Å²) in [5, 5.41) is 9.89. The molecule has 0 saturated heterocycles. The Morgan fingerprint density at radius 1 is 1.00 bits per heavy atom. The molecule has 1 aromatic heterocycles. The Bertz CT molecular complexity index is 1340. The first kappa shape index (κ1) is 25.7. The Labute approximate surface area is 213 Å². The minimum absolute atomic E-state index is 0.0583. The highest BCUT2D eigenvalue weighted by molar-refractivity contribution is 6.01. The number of carbonyl (C=O) groups is 3. The Kier molecular flexibility index (Phi) is 7.14.